The Hall–Kier alpha value is -2.60. The highest BCUT2D eigenvalue weighted by molar-refractivity contribution is 5.51. The molecule has 2 rings (SSSR count). The van der Waals surface area contributed by atoms with Crippen LogP contribution >= 0.6 is 0 Å². The van der Waals surface area contributed by atoms with Crippen molar-refractivity contribution >= 4 is 5.69 Å². The van der Waals surface area contributed by atoms with E-state index in [-0.39, 0.29) is 12.3 Å². The summed E-state index contributed by atoms with van der Waals surface area (Å²) in [5.41, 5.74) is 1.99. The van der Waals surface area contributed by atoms with Crippen molar-refractivity contribution in [1.29, 1.82) is 0 Å². The van der Waals surface area contributed by atoms with Crippen molar-refractivity contribution in [2.45, 2.75) is 20.5 Å². The van der Waals surface area contributed by atoms with Gasteiger partial charge < -0.3 is 14.6 Å². The van der Waals surface area contributed by atoms with Crippen molar-refractivity contribution in [3.05, 3.63) is 57.1 Å². The molecule has 0 fully saturated rings. The summed E-state index contributed by atoms with van der Waals surface area (Å²) in [7, 11) is 1.53. The molecule has 0 heterocycles. The fourth-order valence-electron chi connectivity index (χ4n) is 2.25. The largest absolute Gasteiger partial charge is 0.496 e. The van der Waals surface area contributed by atoms with E-state index in [1.54, 1.807) is 32.0 Å². The molecule has 116 valence electrons. The van der Waals surface area contributed by atoms with Gasteiger partial charge in [-0.25, -0.2) is 0 Å². The Morgan fingerprint density at radius 1 is 1.18 bits per heavy atom. The Bertz CT molecular complexity index is 689. The van der Waals surface area contributed by atoms with Crippen molar-refractivity contribution < 1.29 is 19.5 Å². The van der Waals surface area contributed by atoms with Crippen LogP contribution in [0.4, 0.5) is 5.69 Å². The summed E-state index contributed by atoms with van der Waals surface area (Å²) in [6, 6.07) is 8.05. The minimum atomic E-state index is -0.430. The molecule has 0 spiro atoms. The van der Waals surface area contributed by atoms with E-state index in [1.807, 2.05) is 0 Å². The third kappa shape index (κ3) is 3.17. The highest BCUT2D eigenvalue weighted by Gasteiger charge is 2.14. The first kappa shape index (κ1) is 15.8. The normalized spacial score (nSPS) is 10.4. The lowest BCUT2D eigenvalue weighted by Crippen LogP contribution is -1.97. The number of ether oxygens (including phenoxy) is 2. The molecule has 0 saturated carbocycles. The maximum Gasteiger partial charge on any atom is 0.270 e. The summed E-state index contributed by atoms with van der Waals surface area (Å²) in [5, 5.41) is 20.2. The van der Waals surface area contributed by atoms with Crippen LogP contribution < -0.4 is 9.47 Å². The van der Waals surface area contributed by atoms with Crippen LogP contribution in [-0.2, 0) is 6.61 Å². The number of aryl methyl sites for hydroxylation is 2. The standard InChI is InChI=1S/C16H17NO5/c1-10-6-13(17(19)20)7-11(2)16(10)22-14-4-5-15(21-3)12(8-14)9-18/h4-8,18H,9H2,1-3H3. The summed E-state index contributed by atoms with van der Waals surface area (Å²) < 4.78 is 11.0. The van der Waals surface area contributed by atoms with Crippen LogP contribution in [0.15, 0.2) is 30.3 Å². The smallest absolute Gasteiger partial charge is 0.270 e. The number of benzene rings is 2. The summed E-state index contributed by atoms with van der Waals surface area (Å²) in [6.45, 7) is 3.34. The zero-order chi connectivity index (χ0) is 16.3. The van der Waals surface area contributed by atoms with Gasteiger partial charge in [0.15, 0.2) is 0 Å². The van der Waals surface area contributed by atoms with Crippen LogP contribution in [0.3, 0.4) is 0 Å². The Kier molecular flexibility index (Phi) is 4.62. The Morgan fingerprint density at radius 2 is 1.82 bits per heavy atom. The van der Waals surface area contributed by atoms with Gasteiger partial charge in [0.1, 0.15) is 17.2 Å². The van der Waals surface area contributed by atoms with Gasteiger partial charge in [-0.1, -0.05) is 0 Å². The monoisotopic (exact) mass is 303 g/mol. The van der Waals surface area contributed by atoms with Gasteiger partial charge >= 0.3 is 0 Å². The topological polar surface area (TPSA) is 81.8 Å². The van der Waals surface area contributed by atoms with E-state index in [9.17, 15) is 15.2 Å². The van der Waals surface area contributed by atoms with Crippen molar-refractivity contribution in [3.8, 4) is 17.2 Å². The first-order chi connectivity index (χ1) is 10.5. The number of nitro benzene ring substituents is 1. The molecule has 0 atom stereocenters. The van der Waals surface area contributed by atoms with E-state index in [4.69, 9.17) is 9.47 Å². The van der Waals surface area contributed by atoms with Gasteiger partial charge in [-0.15, -0.1) is 0 Å². The zero-order valence-electron chi connectivity index (χ0n) is 12.6. The third-order valence-corrected chi connectivity index (χ3v) is 3.30. The molecule has 2 aromatic rings. The molecule has 22 heavy (non-hydrogen) atoms. The fourth-order valence-corrected chi connectivity index (χ4v) is 2.25. The highest BCUT2D eigenvalue weighted by Crippen LogP contribution is 2.34. The van der Waals surface area contributed by atoms with Gasteiger partial charge in [-0.05, 0) is 43.2 Å². The number of aliphatic hydroxyl groups is 1. The van der Waals surface area contributed by atoms with Crippen LogP contribution in [-0.4, -0.2) is 17.1 Å². The molecule has 0 bridgehead atoms. The molecule has 0 amide bonds. The predicted molar refractivity (Wildman–Crippen MR) is 81.6 cm³/mol. The van der Waals surface area contributed by atoms with Crippen LogP contribution in [0, 0.1) is 24.0 Å². The molecule has 0 aliphatic rings. The number of methoxy groups -OCH3 is 1. The van der Waals surface area contributed by atoms with Crippen molar-refractivity contribution in [2.75, 3.05) is 7.11 Å². The first-order valence-corrected chi connectivity index (χ1v) is 6.67. The molecule has 0 saturated heterocycles. The molecule has 0 aromatic heterocycles. The number of rotatable bonds is 5. The second-order valence-corrected chi connectivity index (χ2v) is 4.90. The number of hydrogen-bond donors (Lipinski definition) is 1. The summed E-state index contributed by atoms with van der Waals surface area (Å²) >= 11 is 0. The minimum absolute atomic E-state index is 0.0353. The number of hydrogen-bond acceptors (Lipinski definition) is 5. The lowest BCUT2D eigenvalue weighted by Gasteiger charge is -2.13. The molecular weight excluding hydrogens is 286 g/mol. The van der Waals surface area contributed by atoms with E-state index in [1.165, 1.54) is 19.2 Å². The fraction of sp³-hybridized carbons (Fsp3) is 0.250. The van der Waals surface area contributed by atoms with Crippen molar-refractivity contribution in [2.24, 2.45) is 0 Å². The number of nitrogens with zero attached hydrogens (tertiary/aromatic N) is 1. The zero-order valence-corrected chi connectivity index (χ0v) is 12.6. The number of non-ortho nitro benzene ring substituents is 1. The van der Waals surface area contributed by atoms with E-state index in [0.717, 1.165) is 0 Å². The van der Waals surface area contributed by atoms with Crippen LogP contribution in [0.25, 0.3) is 0 Å². The van der Waals surface area contributed by atoms with E-state index < -0.39 is 4.92 Å². The van der Waals surface area contributed by atoms with E-state index >= 15 is 0 Å². The average molecular weight is 303 g/mol. The van der Waals surface area contributed by atoms with Gasteiger partial charge in [0.25, 0.3) is 5.69 Å². The van der Waals surface area contributed by atoms with Crippen LogP contribution in [0.1, 0.15) is 16.7 Å². The highest BCUT2D eigenvalue weighted by atomic mass is 16.6. The summed E-state index contributed by atoms with van der Waals surface area (Å²) in [5.74, 6) is 1.68. The molecular formula is C16H17NO5. The number of aliphatic hydroxyl groups excluding tert-OH is 1. The molecule has 0 unspecified atom stereocenters. The predicted octanol–water partition coefficient (Wildman–Crippen LogP) is 3.50. The molecule has 2 aromatic carbocycles. The summed E-state index contributed by atoms with van der Waals surface area (Å²) in [4.78, 5) is 10.4. The van der Waals surface area contributed by atoms with Gasteiger partial charge in [0, 0.05) is 17.7 Å². The molecule has 0 aliphatic carbocycles. The molecule has 0 aliphatic heterocycles. The quantitative estimate of drug-likeness (QED) is 0.675. The van der Waals surface area contributed by atoms with Gasteiger partial charge in [-0.3, -0.25) is 10.1 Å². The average Bonchev–Trinajstić information content (AvgIpc) is 2.50. The Balaban J connectivity index is 2.37. The van der Waals surface area contributed by atoms with E-state index in [2.05, 4.69) is 0 Å². The van der Waals surface area contributed by atoms with Crippen molar-refractivity contribution in [3.63, 3.8) is 0 Å². The maximum atomic E-state index is 10.9. The van der Waals surface area contributed by atoms with Gasteiger partial charge in [0.2, 0.25) is 0 Å². The lowest BCUT2D eigenvalue weighted by molar-refractivity contribution is -0.385. The van der Waals surface area contributed by atoms with Crippen LogP contribution in [0.5, 0.6) is 17.2 Å². The third-order valence-electron chi connectivity index (χ3n) is 3.30. The molecule has 6 nitrogen and oxygen atoms in total. The molecule has 1 N–H and O–H groups in total. The Labute approximate surface area is 128 Å². The number of nitro groups is 1. The second-order valence-electron chi connectivity index (χ2n) is 4.90. The SMILES string of the molecule is COc1ccc(Oc2c(C)cc([N+](=O)[O-])cc2C)cc1CO. The lowest BCUT2D eigenvalue weighted by atomic mass is 10.1. The van der Waals surface area contributed by atoms with Gasteiger partial charge in [-0.2, -0.15) is 0 Å². The van der Waals surface area contributed by atoms with Crippen molar-refractivity contribution in [1.82, 2.24) is 0 Å². The Morgan fingerprint density at radius 3 is 2.32 bits per heavy atom. The molecule has 6 heteroatoms. The second kappa shape index (κ2) is 6.44. The summed E-state index contributed by atoms with van der Waals surface area (Å²) in [6.07, 6.45) is 0. The minimum Gasteiger partial charge on any atom is -0.496 e. The van der Waals surface area contributed by atoms with E-state index in [0.29, 0.717) is 33.9 Å². The van der Waals surface area contributed by atoms with Crippen LogP contribution in [0.2, 0.25) is 0 Å². The molecule has 0 radical (unpaired) electrons. The maximum absolute atomic E-state index is 10.9. The first-order valence-electron chi connectivity index (χ1n) is 6.67. The van der Waals surface area contributed by atoms with Gasteiger partial charge in [0.05, 0.1) is 18.6 Å².